The Morgan fingerprint density at radius 2 is 1.84 bits per heavy atom. The van der Waals surface area contributed by atoms with Crippen LogP contribution in [-0.4, -0.2) is 73.5 Å². The molecule has 3 rings (SSSR count). The summed E-state index contributed by atoms with van der Waals surface area (Å²) in [5.41, 5.74) is 0.334. The van der Waals surface area contributed by atoms with Gasteiger partial charge in [0.05, 0.1) is 13.0 Å². The van der Waals surface area contributed by atoms with E-state index in [1.807, 2.05) is 6.07 Å². The Labute approximate surface area is 254 Å². The second-order valence-electron chi connectivity index (χ2n) is 9.91. The Kier molecular flexibility index (Phi) is 12.1. The van der Waals surface area contributed by atoms with Crippen molar-refractivity contribution >= 4 is 30.0 Å². The predicted octanol–water partition coefficient (Wildman–Crippen LogP) is 2.64. The molecule has 2 heterocycles. The van der Waals surface area contributed by atoms with E-state index in [1.54, 1.807) is 45.0 Å². The Hall–Kier alpha value is -5.12. The highest BCUT2D eigenvalue weighted by atomic mass is 16.7. The number of carbonyl (C=O) groups is 5. The lowest BCUT2D eigenvalue weighted by molar-refractivity contribution is -0.176. The molecule has 4 atom stereocenters. The third-order valence-corrected chi connectivity index (χ3v) is 6.40. The summed E-state index contributed by atoms with van der Waals surface area (Å²) >= 11 is 0. The molecule has 1 aliphatic rings. The van der Waals surface area contributed by atoms with E-state index in [-0.39, 0.29) is 24.5 Å². The Balaban J connectivity index is 1.87. The molecule has 1 fully saturated rings. The fourth-order valence-corrected chi connectivity index (χ4v) is 4.11. The molecule has 1 aromatic carbocycles. The number of aromatic nitrogens is 1. The molecule has 44 heavy (non-hydrogen) atoms. The summed E-state index contributed by atoms with van der Waals surface area (Å²) in [5, 5.41) is 2.41. The minimum atomic E-state index is -1.50. The number of nitrogens with zero attached hydrogens (tertiary/aromatic N) is 1. The number of rotatable bonds is 9. The van der Waals surface area contributed by atoms with Crippen molar-refractivity contribution in [2.75, 3.05) is 20.3 Å². The average Bonchev–Trinajstić information content (AvgIpc) is 3.03. The van der Waals surface area contributed by atoms with E-state index >= 15 is 0 Å². The van der Waals surface area contributed by atoms with Crippen LogP contribution in [0.5, 0.6) is 11.5 Å². The van der Waals surface area contributed by atoms with Gasteiger partial charge in [-0.15, -0.1) is 5.92 Å². The Bertz CT molecular complexity index is 1410. The van der Waals surface area contributed by atoms with Gasteiger partial charge in [-0.25, -0.2) is 14.6 Å². The van der Waals surface area contributed by atoms with Crippen molar-refractivity contribution in [3.8, 4) is 23.3 Å². The molecule has 2 aromatic rings. The van der Waals surface area contributed by atoms with Crippen LogP contribution in [0.4, 0.5) is 4.79 Å². The number of ether oxygens (including phenoxy) is 6. The molecular weight excluding hydrogens is 576 g/mol. The molecule has 1 amide bonds. The fourth-order valence-electron chi connectivity index (χ4n) is 4.11. The van der Waals surface area contributed by atoms with Crippen LogP contribution >= 0.6 is 0 Å². The first-order valence-corrected chi connectivity index (χ1v) is 13.7. The van der Waals surface area contributed by atoms with Crippen LogP contribution < -0.4 is 14.8 Å². The highest BCUT2D eigenvalue weighted by molar-refractivity contribution is 5.98. The summed E-state index contributed by atoms with van der Waals surface area (Å²) in [5.74, 6) is -0.174. The number of nitrogens with one attached hydrogen (secondary N) is 1. The van der Waals surface area contributed by atoms with E-state index < -0.39 is 72.4 Å². The summed E-state index contributed by atoms with van der Waals surface area (Å²) < 4.78 is 31.9. The van der Waals surface area contributed by atoms with E-state index in [9.17, 15) is 24.0 Å². The molecule has 0 bridgehead atoms. The van der Waals surface area contributed by atoms with Crippen LogP contribution in [0.3, 0.4) is 0 Å². The van der Waals surface area contributed by atoms with E-state index in [0.717, 1.165) is 5.56 Å². The lowest BCUT2D eigenvalue weighted by Crippen LogP contribution is -2.47. The number of methoxy groups -OCH3 is 1. The van der Waals surface area contributed by atoms with Gasteiger partial charge in [0.2, 0.25) is 5.75 Å². The zero-order chi connectivity index (χ0) is 32.2. The van der Waals surface area contributed by atoms with Crippen LogP contribution in [0.15, 0.2) is 42.6 Å². The summed E-state index contributed by atoms with van der Waals surface area (Å²) in [6.45, 7) is 5.45. The number of amides is 1. The van der Waals surface area contributed by atoms with Gasteiger partial charge in [-0.2, -0.15) is 0 Å². The monoisotopic (exact) mass is 610 g/mol. The van der Waals surface area contributed by atoms with E-state index in [2.05, 4.69) is 22.1 Å². The highest BCUT2D eigenvalue weighted by Gasteiger charge is 2.42. The van der Waals surface area contributed by atoms with Gasteiger partial charge in [-0.1, -0.05) is 50.1 Å². The third-order valence-electron chi connectivity index (χ3n) is 6.40. The van der Waals surface area contributed by atoms with Crippen molar-refractivity contribution in [3.63, 3.8) is 0 Å². The molecule has 13 nitrogen and oxygen atoms in total. The molecule has 0 radical (unpaired) electrons. The summed E-state index contributed by atoms with van der Waals surface area (Å²) in [6, 6.07) is 8.85. The lowest BCUT2D eigenvalue weighted by Gasteiger charge is -2.29. The molecular formula is C31H34N2O11. The maximum absolute atomic E-state index is 13.4. The molecule has 234 valence electrons. The van der Waals surface area contributed by atoms with Crippen molar-refractivity contribution in [2.45, 2.75) is 52.4 Å². The lowest BCUT2D eigenvalue weighted by atomic mass is 9.91. The molecule has 1 aliphatic heterocycles. The number of pyridine rings is 1. The number of benzene rings is 1. The van der Waals surface area contributed by atoms with Crippen LogP contribution in [-0.2, 0) is 39.8 Å². The normalized spacial score (nSPS) is 19.9. The topological polar surface area (TPSA) is 166 Å². The fraction of sp³-hybridized carbons (Fsp3) is 0.419. The van der Waals surface area contributed by atoms with Crippen LogP contribution in [0.2, 0.25) is 0 Å². The minimum Gasteiger partial charge on any atom is -0.493 e. The second-order valence-corrected chi connectivity index (χ2v) is 9.91. The van der Waals surface area contributed by atoms with Crippen molar-refractivity contribution < 1.29 is 52.4 Å². The minimum absolute atomic E-state index is 0.0284. The maximum atomic E-state index is 13.4. The van der Waals surface area contributed by atoms with E-state index in [0.29, 0.717) is 0 Å². The predicted molar refractivity (Wildman–Crippen MR) is 152 cm³/mol. The summed E-state index contributed by atoms with van der Waals surface area (Å²) in [7, 11) is 1.28. The summed E-state index contributed by atoms with van der Waals surface area (Å²) in [4.78, 5) is 68.7. The number of hydrogen-bond donors (Lipinski definition) is 1. The number of carbonyl (C=O) groups excluding carboxylic acids is 5. The number of cyclic esters (lactones) is 2. The molecule has 1 saturated heterocycles. The van der Waals surface area contributed by atoms with Crippen molar-refractivity contribution in [1.29, 1.82) is 0 Å². The highest BCUT2D eigenvalue weighted by Crippen LogP contribution is 2.30. The molecule has 0 spiro atoms. The van der Waals surface area contributed by atoms with Gasteiger partial charge in [0.1, 0.15) is 18.6 Å². The van der Waals surface area contributed by atoms with Gasteiger partial charge in [0.25, 0.3) is 5.91 Å². The maximum Gasteiger partial charge on any atom is 0.515 e. The van der Waals surface area contributed by atoms with Crippen LogP contribution in [0.1, 0.15) is 43.7 Å². The zero-order valence-electron chi connectivity index (χ0n) is 25.0. The number of hydrogen-bond acceptors (Lipinski definition) is 12. The zero-order valence-corrected chi connectivity index (χ0v) is 25.0. The van der Waals surface area contributed by atoms with Gasteiger partial charge in [-0.3, -0.25) is 14.4 Å². The van der Waals surface area contributed by atoms with Crippen molar-refractivity contribution in [1.82, 2.24) is 10.3 Å². The molecule has 1 N–H and O–H groups in total. The van der Waals surface area contributed by atoms with Gasteiger partial charge >= 0.3 is 24.1 Å². The van der Waals surface area contributed by atoms with Crippen LogP contribution in [0, 0.1) is 23.7 Å². The van der Waals surface area contributed by atoms with E-state index in [4.69, 9.17) is 28.4 Å². The molecule has 1 aromatic heterocycles. The smallest absolute Gasteiger partial charge is 0.493 e. The SMILES string of the molecule is CC#CCOC(=O)Oc1c(OC)ccnc1C(=O)N[C@H]1COC(=O)[C@H](Cc2ccccc2)[C@@H](OC(=O)C(C)C)[C@H](C)OC1=O. The Morgan fingerprint density at radius 3 is 2.50 bits per heavy atom. The van der Waals surface area contributed by atoms with Gasteiger partial charge in [0.15, 0.2) is 30.2 Å². The molecule has 0 unspecified atom stereocenters. The number of esters is 3. The first-order chi connectivity index (χ1) is 21.0. The van der Waals surface area contributed by atoms with Gasteiger partial charge < -0.3 is 33.7 Å². The largest absolute Gasteiger partial charge is 0.515 e. The van der Waals surface area contributed by atoms with Gasteiger partial charge in [0, 0.05) is 12.3 Å². The molecule has 0 aliphatic carbocycles. The Morgan fingerprint density at radius 1 is 1.11 bits per heavy atom. The van der Waals surface area contributed by atoms with Gasteiger partial charge in [-0.05, 0) is 25.8 Å². The van der Waals surface area contributed by atoms with Crippen molar-refractivity contribution in [2.24, 2.45) is 11.8 Å². The van der Waals surface area contributed by atoms with Crippen LogP contribution in [0.25, 0.3) is 0 Å². The molecule has 13 heteroatoms. The van der Waals surface area contributed by atoms with E-state index in [1.165, 1.54) is 26.3 Å². The first kappa shape index (κ1) is 33.4. The first-order valence-electron chi connectivity index (χ1n) is 13.7. The summed E-state index contributed by atoms with van der Waals surface area (Å²) in [6.07, 6.45) is -2.11. The standard InChI is InChI=1S/C31H34N2O11/c1-6-7-15-40-31(38)44-26-23(39-5)13-14-32-24(26)27(34)33-22-17-41-29(36)21(16-20-11-9-8-10-12-20)25(19(4)42-30(22)37)43-28(35)18(2)3/h8-14,18-19,21-22,25H,15-17H2,1-5H3,(H,33,34)/t19-,21+,22-,25-/m0/s1. The third kappa shape index (κ3) is 8.94. The average molecular weight is 611 g/mol. The second kappa shape index (κ2) is 15.9. The quantitative estimate of drug-likeness (QED) is 0.251. The van der Waals surface area contributed by atoms with Crippen molar-refractivity contribution in [3.05, 3.63) is 53.9 Å². The molecule has 0 saturated carbocycles.